The largest absolute Gasteiger partial charge is 0.457 e. The van der Waals surface area contributed by atoms with E-state index in [1.165, 1.54) is 0 Å². The van der Waals surface area contributed by atoms with Crippen LogP contribution in [-0.4, -0.2) is 10.5 Å². The Labute approximate surface area is 135 Å². The summed E-state index contributed by atoms with van der Waals surface area (Å²) in [5, 5.41) is 4.50. The number of ether oxygens (including phenoxy) is 1. The van der Waals surface area contributed by atoms with Crippen molar-refractivity contribution >= 4 is 23.2 Å². The highest BCUT2D eigenvalue weighted by molar-refractivity contribution is 6.34. The summed E-state index contributed by atoms with van der Waals surface area (Å²) in [5.74, 6) is 1.34. The molecular formula is C16H18Cl2N2O. The highest BCUT2D eigenvalue weighted by Gasteiger charge is 2.12. The van der Waals surface area contributed by atoms with Crippen molar-refractivity contribution in [2.24, 2.45) is 0 Å². The van der Waals surface area contributed by atoms with Crippen LogP contribution in [0.5, 0.6) is 11.5 Å². The first-order chi connectivity index (χ1) is 9.83. The van der Waals surface area contributed by atoms with Crippen LogP contribution in [0.15, 0.2) is 36.7 Å². The molecule has 21 heavy (non-hydrogen) atoms. The van der Waals surface area contributed by atoms with Gasteiger partial charge in [-0.2, -0.15) is 0 Å². The summed E-state index contributed by atoms with van der Waals surface area (Å²) in [7, 11) is 0. The Bertz CT molecular complexity index is 604. The number of rotatable bonds is 4. The third kappa shape index (κ3) is 5.20. The summed E-state index contributed by atoms with van der Waals surface area (Å²) in [4.78, 5) is 4.15. The van der Waals surface area contributed by atoms with Crippen molar-refractivity contribution < 1.29 is 4.74 Å². The van der Waals surface area contributed by atoms with Gasteiger partial charge in [-0.3, -0.25) is 4.98 Å². The van der Waals surface area contributed by atoms with Crippen LogP contribution in [0.25, 0.3) is 0 Å². The second kappa shape index (κ2) is 6.65. The van der Waals surface area contributed by atoms with E-state index in [1.54, 1.807) is 30.6 Å². The monoisotopic (exact) mass is 324 g/mol. The third-order valence-corrected chi connectivity index (χ3v) is 3.17. The zero-order valence-electron chi connectivity index (χ0n) is 12.3. The normalized spacial score (nSPS) is 11.5. The van der Waals surface area contributed by atoms with Gasteiger partial charge in [-0.25, -0.2) is 0 Å². The average Bonchev–Trinajstić information content (AvgIpc) is 2.35. The molecule has 0 atom stereocenters. The molecule has 2 aromatic rings. The number of hydrogen-bond donors (Lipinski definition) is 1. The lowest BCUT2D eigenvalue weighted by Crippen LogP contribution is -2.35. The number of aromatic nitrogens is 1. The van der Waals surface area contributed by atoms with Crippen LogP contribution in [0.4, 0.5) is 0 Å². The van der Waals surface area contributed by atoms with E-state index < -0.39 is 0 Å². The Kier molecular flexibility index (Phi) is 5.09. The maximum Gasteiger partial charge on any atom is 0.134 e. The smallest absolute Gasteiger partial charge is 0.134 e. The molecule has 0 bridgehead atoms. The molecule has 0 aliphatic carbocycles. The minimum atomic E-state index is 0.0203. The molecule has 1 N–H and O–H groups in total. The molecule has 0 saturated carbocycles. The molecule has 5 heteroatoms. The van der Waals surface area contributed by atoms with E-state index in [-0.39, 0.29) is 5.54 Å². The molecule has 2 rings (SSSR count). The average molecular weight is 325 g/mol. The molecule has 0 unspecified atom stereocenters. The fraction of sp³-hybridized carbons (Fsp3) is 0.312. The van der Waals surface area contributed by atoms with Gasteiger partial charge in [0.2, 0.25) is 0 Å². The molecule has 0 amide bonds. The van der Waals surface area contributed by atoms with Crippen LogP contribution in [0.1, 0.15) is 26.3 Å². The van der Waals surface area contributed by atoms with E-state index in [1.807, 2.05) is 6.07 Å². The van der Waals surface area contributed by atoms with Gasteiger partial charge in [0, 0.05) is 40.1 Å². The predicted octanol–water partition coefficient (Wildman–Crippen LogP) is 5.07. The summed E-state index contributed by atoms with van der Waals surface area (Å²) in [5.41, 5.74) is 0.996. The molecule has 112 valence electrons. The fourth-order valence-corrected chi connectivity index (χ4v) is 2.23. The van der Waals surface area contributed by atoms with Crippen molar-refractivity contribution in [3.05, 3.63) is 52.3 Å². The molecular weight excluding hydrogens is 307 g/mol. The van der Waals surface area contributed by atoms with E-state index in [4.69, 9.17) is 27.9 Å². The molecule has 1 aromatic heterocycles. The van der Waals surface area contributed by atoms with E-state index >= 15 is 0 Å². The van der Waals surface area contributed by atoms with Crippen molar-refractivity contribution in [2.75, 3.05) is 0 Å². The first-order valence-corrected chi connectivity index (χ1v) is 7.41. The van der Waals surface area contributed by atoms with Gasteiger partial charge in [0.05, 0.1) is 0 Å². The van der Waals surface area contributed by atoms with Crippen LogP contribution in [0.2, 0.25) is 10.0 Å². The van der Waals surface area contributed by atoms with Crippen LogP contribution >= 0.6 is 23.2 Å². The lowest BCUT2D eigenvalue weighted by molar-refractivity contribution is 0.413. The second-order valence-electron chi connectivity index (χ2n) is 5.79. The fourth-order valence-electron chi connectivity index (χ4n) is 1.72. The lowest BCUT2D eigenvalue weighted by Gasteiger charge is -2.21. The number of pyridine rings is 1. The SMILES string of the molecule is CC(C)(C)NCc1cnccc1Oc1cc(Cl)cc(Cl)c1. The van der Waals surface area contributed by atoms with Crippen LogP contribution in [0, 0.1) is 0 Å². The van der Waals surface area contributed by atoms with E-state index in [0.29, 0.717) is 22.3 Å². The lowest BCUT2D eigenvalue weighted by atomic mass is 10.1. The van der Waals surface area contributed by atoms with Crippen molar-refractivity contribution in [1.82, 2.24) is 10.3 Å². The van der Waals surface area contributed by atoms with Gasteiger partial charge in [0.25, 0.3) is 0 Å². The molecule has 1 heterocycles. The van der Waals surface area contributed by atoms with Gasteiger partial charge >= 0.3 is 0 Å². The van der Waals surface area contributed by atoms with Crippen LogP contribution in [0.3, 0.4) is 0 Å². The molecule has 0 spiro atoms. The van der Waals surface area contributed by atoms with Gasteiger partial charge < -0.3 is 10.1 Å². The standard InChI is InChI=1S/C16H18Cl2N2O/c1-16(2,3)20-10-11-9-19-5-4-15(11)21-14-7-12(17)6-13(18)8-14/h4-9,20H,10H2,1-3H3. The number of hydrogen-bond acceptors (Lipinski definition) is 3. The molecule has 1 aromatic carbocycles. The second-order valence-corrected chi connectivity index (χ2v) is 6.67. The number of nitrogens with one attached hydrogen (secondary N) is 1. The maximum absolute atomic E-state index is 5.99. The Morgan fingerprint density at radius 3 is 2.43 bits per heavy atom. The maximum atomic E-state index is 5.99. The molecule has 0 aliphatic heterocycles. The van der Waals surface area contributed by atoms with Gasteiger partial charge in [0.15, 0.2) is 0 Å². The van der Waals surface area contributed by atoms with Gasteiger partial charge in [0.1, 0.15) is 11.5 Å². The molecule has 0 fully saturated rings. The molecule has 0 saturated heterocycles. The summed E-state index contributed by atoms with van der Waals surface area (Å²) in [6.07, 6.45) is 3.49. The summed E-state index contributed by atoms with van der Waals surface area (Å²) in [6, 6.07) is 6.96. The third-order valence-electron chi connectivity index (χ3n) is 2.73. The highest BCUT2D eigenvalue weighted by Crippen LogP contribution is 2.30. The topological polar surface area (TPSA) is 34.2 Å². The van der Waals surface area contributed by atoms with Gasteiger partial charge in [-0.05, 0) is 45.0 Å². The van der Waals surface area contributed by atoms with Crippen molar-refractivity contribution in [1.29, 1.82) is 0 Å². The summed E-state index contributed by atoms with van der Waals surface area (Å²) in [6.45, 7) is 7.00. The Balaban J connectivity index is 2.20. The predicted molar refractivity (Wildman–Crippen MR) is 87.4 cm³/mol. The van der Waals surface area contributed by atoms with Crippen molar-refractivity contribution in [3.8, 4) is 11.5 Å². The summed E-state index contributed by atoms with van der Waals surface area (Å²) >= 11 is 12.0. The Morgan fingerprint density at radius 1 is 1.14 bits per heavy atom. The van der Waals surface area contributed by atoms with Crippen molar-refractivity contribution in [3.63, 3.8) is 0 Å². The Hall–Kier alpha value is -1.29. The minimum Gasteiger partial charge on any atom is -0.457 e. The molecule has 3 nitrogen and oxygen atoms in total. The zero-order valence-corrected chi connectivity index (χ0v) is 13.8. The quantitative estimate of drug-likeness (QED) is 0.852. The van der Waals surface area contributed by atoms with E-state index in [9.17, 15) is 0 Å². The van der Waals surface area contributed by atoms with E-state index in [2.05, 4.69) is 31.1 Å². The highest BCUT2D eigenvalue weighted by atomic mass is 35.5. The first kappa shape index (κ1) is 16.1. The first-order valence-electron chi connectivity index (χ1n) is 6.65. The van der Waals surface area contributed by atoms with Gasteiger partial charge in [-0.1, -0.05) is 23.2 Å². The van der Waals surface area contributed by atoms with Crippen molar-refractivity contribution in [2.45, 2.75) is 32.9 Å². The Morgan fingerprint density at radius 2 is 1.81 bits per heavy atom. The minimum absolute atomic E-state index is 0.0203. The number of benzene rings is 1. The number of halogens is 2. The summed E-state index contributed by atoms with van der Waals surface area (Å²) < 4.78 is 5.89. The van der Waals surface area contributed by atoms with Crippen LogP contribution in [-0.2, 0) is 6.54 Å². The van der Waals surface area contributed by atoms with Gasteiger partial charge in [-0.15, -0.1) is 0 Å². The zero-order chi connectivity index (χ0) is 15.5. The number of nitrogens with zero attached hydrogens (tertiary/aromatic N) is 1. The van der Waals surface area contributed by atoms with E-state index in [0.717, 1.165) is 11.3 Å². The van der Waals surface area contributed by atoms with Crippen LogP contribution < -0.4 is 10.1 Å². The molecule has 0 radical (unpaired) electrons. The molecule has 0 aliphatic rings.